The quantitative estimate of drug-likeness (QED) is 0.174. The Morgan fingerprint density at radius 2 is 1.47 bits per heavy atom. The third kappa shape index (κ3) is 7.93. The van der Waals surface area contributed by atoms with Gasteiger partial charge in [-0.25, -0.2) is 9.59 Å². The number of ether oxygens (including phenoxy) is 2. The fourth-order valence-electron chi connectivity index (χ4n) is 5.78. The number of ketones is 1. The minimum Gasteiger partial charge on any atom is -0.479 e. The molecule has 3 saturated carbocycles. The molecule has 0 aromatic carbocycles. The number of aliphatic hydroxyl groups is 5. The van der Waals surface area contributed by atoms with Gasteiger partial charge in [0.05, 0.1) is 30.5 Å². The van der Waals surface area contributed by atoms with Crippen LogP contribution in [0.3, 0.4) is 0 Å². The molecule has 0 saturated heterocycles. The number of aliphatic hydroxyl groups excluding tert-OH is 4. The van der Waals surface area contributed by atoms with Gasteiger partial charge >= 0.3 is 11.9 Å². The fourth-order valence-corrected chi connectivity index (χ4v) is 5.78. The Labute approximate surface area is 221 Å². The van der Waals surface area contributed by atoms with Crippen molar-refractivity contribution in [1.82, 2.24) is 0 Å². The van der Waals surface area contributed by atoms with Gasteiger partial charge in [-0.1, -0.05) is 12.2 Å². The number of allylic oxidation sites excluding steroid dienone is 3. The SMILES string of the molecule is COC1CCC(/C=C/C(=O)O[C@@H]2C[C@@](O)(C(=O)O)C[C@@H](CC(=O)/C=C/C3CCC(O)C(O)C3)[C@@H]2O)CC1O. The smallest absolute Gasteiger partial charge is 0.335 e. The molecular formula is C27H40O11. The molecule has 38 heavy (non-hydrogen) atoms. The van der Waals surface area contributed by atoms with E-state index in [-0.39, 0.29) is 30.8 Å². The van der Waals surface area contributed by atoms with Crippen molar-refractivity contribution < 1.29 is 54.5 Å². The van der Waals surface area contributed by atoms with E-state index < -0.39 is 66.2 Å². The van der Waals surface area contributed by atoms with E-state index in [1.807, 2.05) is 0 Å². The second-order valence-corrected chi connectivity index (χ2v) is 11.0. The molecule has 214 valence electrons. The summed E-state index contributed by atoms with van der Waals surface area (Å²) in [7, 11) is 1.53. The second-order valence-electron chi connectivity index (χ2n) is 11.0. The average molecular weight is 541 g/mol. The van der Waals surface area contributed by atoms with Gasteiger partial charge in [-0.3, -0.25) is 4.79 Å². The molecule has 3 aliphatic carbocycles. The van der Waals surface area contributed by atoms with E-state index in [2.05, 4.69) is 0 Å². The van der Waals surface area contributed by atoms with Gasteiger partial charge in [0.2, 0.25) is 0 Å². The predicted octanol–water partition coefficient (Wildman–Crippen LogP) is 0.254. The first-order chi connectivity index (χ1) is 17.9. The number of rotatable bonds is 9. The molecular weight excluding hydrogens is 500 g/mol. The first-order valence-electron chi connectivity index (χ1n) is 13.2. The molecule has 6 N–H and O–H groups in total. The van der Waals surface area contributed by atoms with Crippen LogP contribution in [0.1, 0.15) is 57.8 Å². The van der Waals surface area contributed by atoms with Crippen LogP contribution in [0.5, 0.6) is 0 Å². The van der Waals surface area contributed by atoms with E-state index in [4.69, 9.17) is 9.47 Å². The largest absolute Gasteiger partial charge is 0.479 e. The summed E-state index contributed by atoms with van der Waals surface area (Å²) in [5, 5.41) is 60.7. The number of methoxy groups -OCH3 is 1. The van der Waals surface area contributed by atoms with E-state index in [0.717, 1.165) is 0 Å². The van der Waals surface area contributed by atoms with Gasteiger partial charge in [-0.05, 0) is 68.8 Å². The number of hydrogen-bond donors (Lipinski definition) is 6. The summed E-state index contributed by atoms with van der Waals surface area (Å²) in [6.07, 6.45) is 2.33. The lowest BCUT2D eigenvalue weighted by atomic mass is 9.72. The van der Waals surface area contributed by atoms with Gasteiger partial charge in [-0.15, -0.1) is 0 Å². The lowest BCUT2D eigenvalue weighted by molar-refractivity contribution is -0.188. The highest BCUT2D eigenvalue weighted by Gasteiger charge is 2.51. The van der Waals surface area contributed by atoms with Crippen LogP contribution in [0.4, 0.5) is 0 Å². The minimum atomic E-state index is -2.28. The Balaban J connectivity index is 1.60. The standard InChI is InChI=1S/C27H40O11/c1-37-22-8-4-16(11-21(22)31)5-9-24(32)38-23-14-27(36,26(34)35)13-17(25(23)33)12-18(28)6-2-15-3-7-19(29)20(30)10-15/h2,5-6,9,15-17,19-23,25,29-31,33,36H,3-4,7-8,10-14H2,1H3,(H,34,35)/b6-2+,9-5+/t15?,16?,17-,19?,20?,21?,22?,23-,25+,27-/m1/s1. The first-order valence-corrected chi connectivity index (χ1v) is 13.2. The highest BCUT2D eigenvalue weighted by molar-refractivity contribution is 5.90. The Morgan fingerprint density at radius 1 is 0.842 bits per heavy atom. The Morgan fingerprint density at radius 3 is 2.08 bits per heavy atom. The Kier molecular flexibility index (Phi) is 10.6. The molecule has 0 heterocycles. The van der Waals surface area contributed by atoms with Crippen LogP contribution in [-0.2, 0) is 23.9 Å². The van der Waals surface area contributed by atoms with Crippen LogP contribution >= 0.6 is 0 Å². The van der Waals surface area contributed by atoms with Crippen LogP contribution < -0.4 is 0 Å². The average Bonchev–Trinajstić information content (AvgIpc) is 2.86. The van der Waals surface area contributed by atoms with Gasteiger partial charge in [-0.2, -0.15) is 0 Å². The molecule has 0 bridgehead atoms. The van der Waals surface area contributed by atoms with Crippen molar-refractivity contribution in [2.24, 2.45) is 17.8 Å². The van der Waals surface area contributed by atoms with E-state index in [9.17, 15) is 45.0 Å². The number of esters is 1. The molecule has 11 nitrogen and oxygen atoms in total. The second kappa shape index (κ2) is 13.3. The molecule has 0 amide bonds. The molecule has 0 spiro atoms. The van der Waals surface area contributed by atoms with Gasteiger partial charge < -0.3 is 40.1 Å². The third-order valence-electron chi connectivity index (χ3n) is 8.11. The zero-order chi connectivity index (χ0) is 28.0. The minimum absolute atomic E-state index is 0.0816. The molecule has 3 aliphatic rings. The lowest BCUT2D eigenvalue weighted by Crippen LogP contribution is -2.55. The number of carbonyl (C=O) groups is 3. The van der Waals surface area contributed by atoms with Gasteiger partial charge in [0.1, 0.15) is 6.10 Å². The maximum absolute atomic E-state index is 12.6. The summed E-state index contributed by atoms with van der Waals surface area (Å²) < 4.78 is 10.5. The van der Waals surface area contributed by atoms with Gasteiger partial charge in [0.15, 0.2) is 11.4 Å². The molecule has 6 unspecified atom stereocenters. The van der Waals surface area contributed by atoms with E-state index >= 15 is 0 Å². The summed E-state index contributed by atoms with van der Waals surface area (Å²) in [5.41, 5.74) is -2.28. The topological polar surface area (TPSA) is 191 Å². The third-order valence-corrected chi connectivity index (χ3v) is 8.11. The van der Waals surface area contributed by atoms with Gasteiger partial charge in [0.25, 0.3) is 0 Å². The van der Waals surface area contributed by atoms with Crippen molar-refractivity contribution in [3.63, 3.8) is 0 Å². The molecule has 0 aliphatic heterocycles. The molecule has 11 heteroatoms. The van der Waals surface area contributed by atoms with Crippen LogP contribution in [0.25, 0.3) is 0 Å². The highest BCUT2D eigenvalue weighted by Crippen LogP contribution is 2.37. The van der Waals surface area contributed by atoms with Crippen LogP contribution in [0, 0.1) is 17.8 Å². The first kappa shape index (κ1) is 30.4. The van der Waals surface area contributed by atoms with E-state index in [1.165, 1.54) is 19.3 Å². The van der Waals surface area contributed by atoms with Crippen molar-refractivity contribution in [2.45, 2.75) is 100 Å². The lowest BCUT2D eigenvalue weighted by Gasteiger charge is -2.41. The summed E-state index contributed by atoms with van der Waals surface area (Å²) in [6.45, 7) is 0. The number of aliphatic carboxylic acids is 1. The number of carboxylic acid groups (broad SMARTS) is 1. The van der Waals surface area contributed by atoms with Crippen molar-refractivity contribution in [3.8, 4) is 0 Å². The molecule has 0 aromatic rings. The van der Waals surface area contributed by atoms with Crippen molar-refractivity contribution in [1.29, 1.82) is 0 Å². The van der Waals surface area contributed by atoms with Gasteiger partial charge in [0, 0.05) is 26.0 Å². The predicted molar refractivity (Wildman–Crippen MR) is 133 cm³/mol. The number of carboxylic acids is 1. The summed E-state index contributed by atoms with van der Waals surface area (Å²) in [4.78, 5) is 36.9. The summed E-state index contributed by atoms with van der Waals surface area (Å²) in [6, 6.07) is 0. The molecule has 3 rings (SSSR count). The number of carbonyl (C=O) groups excluding carboxylic acids is 2. The highest BCUT2D eigenvalue weighted by atomic mass is 16.6. The van der Waals surface area contributed by atoms with Crippen molar-refractivity contribution in [2.75, 3.05) is 7.11 Å². The van der Waals surface area contributed by atoms with E-state index in [1.54, 1.807) is 12.2 Å². The summed E-state index contributed by atoms with van der Waals surface area (Å²) in [5.74, 6) is -3.91. The molecule has 10 atom stereocenters. The van der Waals surface area contributed by atoms with Crippen molar-refractivity contribution >= 4 is 17.7 Å². The fraction of sp³-hybridized carbons (Fsp3) is 0.741. The monoisotopic (exact) mass is 540 g/mol. The Hall–Kier alpha value is -2.15. The van der Waals surface area contributed by atoms with Crippen LogP contribution in [-0.4, -0.2) is 97.7 Å². The Bertz CT molecular complexity index is 901. The molecule has 0 radical (unpaired) electrons. The maximum atomic E-state index is 12.6. The molecule has 3 fully saturated rings. The van der Waals surface area contributed by atoms with Crippen LogP contribution in [0.15, 0.2) is 24.3 Å². The summed E-state index contributed by atoms with van der Waals surface area (Å²) >= 11 is 0. The normalized spacial score (nSPS) is 40.3. The van der Waals surface area contributed by atoms with Crippen molar-refractivity contribution in [3.05, 3.63) is 24.3 Å². The molecule has 0 aromatic heterocycles. The maximum Gasteiger partial charge on any atom is 0.335 e. The zero-order valence-corrected chi connectivity index (χ0v) is 21.6. The number of hydrogen-bond acceptors (Lipinski definition) is 10. The van der Waals surface area contributed by atoms with Crippen LogP contribution in [0.2, 0.25) is 0 Å². The zero-order valence-electron chi connectivity index (χ0n) is 21.6. The van der Waals surface area contributed by atoms with E-state index in [0.29, 0.717) is 38.5 Å².